The average molecular weight is 291 g/mol. The highest BCUT2D eigenvalue weighted by molar-refractivity contribution is 5.94. The van der Waals surface area contributed by atoms with Crippen molar-refractivity contribution in [1.82, 2.24) is 0 Å². The number of hydrogen-bond donors (Lipinski definition) is 3. The number of amidine groups is 1. The molecule has 0 heterocycles. The molecule has 0 bridgehead atoms. The van der Waals surface area contributed by atoms with E-state index in [1.165, 1.54) is 0 Å². The van der Waals surface area contributed by atoms with Crippen molar-refractivity contribution in [3.63, 3.8) is 0 Å². The predicted molar refractivity (Wildman–Crippen MR) is 86.6 cm³/mol. The first kappa shape index (κ1) is 17.0. The molecule has 116 valence electrons. The Balaban J connectivity index is 2.91. The first-order valence-electron chi connectivity index (χ1n) is 6.91. The van der Waals surface area contributed by atoms with Crippen LogP contribution in [0.4, 0.5) is 5.69 Å². The Morgan fingerprint density at radius 1 is 1.38 bits per heavy atom. The van der Waals surface area contributed by atoms with Crippen molar-refractivity contribution < 1.29 is 9.84 Å². The lowest BCUT2D eigenvalue weighted by Crippen LogP contribution is -2.20. The maximum Gasteiger partial charge on any atom is 0.125 e. The molecule has 5 heteroatoms. The van der Waals surface area contributed by atoms with Crippen LogP contribution in [0.5, 0.6) is 5.75 Å². The van der Waals surface area contributed by atoms with E-state index in [9.17, 15) is 0 Å². The van der Waals surface area contributed by atoms with Crippen molar-refractivity contribution in [2.45, 2.75) is 33.8 Å². The van der Waals surface area contributed by atoms with Crippen LogP contribution in [0.2, 0.25) is 0 Å². The lowest BCUT2D eigenvalue weighted by atomic mass is 9.92. The molecule has 0 fully saturated rings. The van der Waals surface area contributed by atoms with Crippen molar-refractivity contribution in [3.8, 4) is 5.75 Å². The number of aliphatic imine (C=N–C) groups is 1. The maximum atomic E-state index is 8.99. The lowest BCUT2D eigenvalue weighted by Gasteiger charge is -2.18. The Morgan fingerprint density at radius 2 is 2.05 bits per heavy atom. The Hall–Kier alpha value is -2.01. The van der Waals surface area contributed by atoms with E-state index in [0.717, 1.165) is 0 Å². The van der Waals surface area contributed by atoms with E-state index in [1.807, 2.05) is 32.9 Å². The number of nitrogens with two attached hydrogens (primary N) is 2. The molecule has 5 nitrogen and oxygen atoms in total. The summed E-state index contributed by atoms with van der Waals surface area (Å²) >= 11 is 0. The van der Waals surface area contributed by atoms with Crippen LogP contribution >= 0.6 is 0 Å². The zero-order valence-corrected chi connectivity index (χ0v) is 13.1. The van der Waals surface area contributed by atoms with Crippen LogP contribution in [0, 0.1) is 5.41 Å². The van der Waals surface area contributed by atoms with E-state index < -0.39 is 0 Å². The molecule has 0 aliphatic rings. The number of hydrogen-bond acceptors (Lipinski definition) is 4. The number of aliphatic hydroxyl groups is 1. The van der Waals surface area contributed by atoms with E-state index in [4.69, 9.17) is 21.3 Å². The van der Waals surface area contributed by atoms with Gasteiger partial charge in [-0.25, -0.2) is 4.99 Å². The SMILES string of the molecule is C[C@H](CO)Oc1cccc(N=C(N)C=C(N)C(C)(C)C)c1. The predicted octanol–water partition coefficient (Wildman–Crippen LogP) is 2.32. The van der Waals surface area contributed by atoms with Gasteiger partial charge in [0.2, 0.25) is 0 Å². The Morgan fingerprint density at radius 3 is 2.62 bits per heavy atom. The summed E-state index contributed by atoms with van der Waals surface area (Å²) in [5.41, 5.74) is 13.1. The van der Waals surface area contributed by atoms with Crippen LogP contribution in [-0.4, -0.2) is 23.7 Å². The third-order valence-corrected chi connectivity index (χ3v) is 2.84. The van der Waals surface area contributed by atoms with E-state index in [0.29, 0.717) is 23.0 Å². The van der Waals surface area contributed by atoms with Crippen LogP contribution in [0.3, 0.4) is 0 Å². The molecular formula is C16H25N3O2. The van der Waals surface area contributed by atoms with Gasteiger partial charge in [0.25, 0.3) is 0 Å². The summed E-state index contributed by atoms with van der Waals surface area (Å²) in [7, 11) is 0. The molecule has 1 aromatic carbocycles. The minimum atomic E-state index is -0.266. The smallest absolute Gasteiger partial charge is 0.125 e. The third kappa shape index (κ3) is 5.87. The van der Waals surface area contributed by atoms with Gasteiger partial charge >= 0.3 is 0 Å². The van der Waals surface area contributed by atoms with Crippen molar-refractivity contribution in [2.75, 3.05) is 6.61 Å². The molecule has 0 saturated heterocycles. The van der Waals surface area contributed by atoms with Crippen molar-refractivity contribution in [1.29, 1.82) is 0 Å². The largest absolute Gasteiger partial charge is 0.488 e. The Kier molecular flexibility index (Phi) is 5.79. The second-order valence-electron chi connectivity index (χ2n) is 5.99. The zero-order chi connectivity index (χ0) is 16.0. The van der Waals surface area contributed by atoms with Crippen LogP contribution < -0.4 is 16.2 Å². The topological polar surface area (TPSA) is 93.9 Å². The van der Waals surface area contributed by atoms with E-state index in [-0.39, 0.29) is 18.1 Å². The monoisotopic (exact) mass is 291 g/mol. The summed E-state index contributed by atoms with van der Waals surface area (Å²) < 4.78 is 5.52. The fourth-order valence-corrected chi connectivity index (χ4v) is 1.45. The second kappa shape index (κ2) is 7.13. The molecular weight excluding hydrogens is 266 g/mol. The molecule has 0 aromatic heterocycles. The molecule has 1 atom stereocenters. The van der Waals surface area contributed by atoms with Crippen LogP contribution in [0.1, 0.15) is 27.7 Å². The van der Waals surface area contributed by atoms with Gasteiger partial charge in [-0.3, -0.25) is 0 Å². The number of nitrogens with zero attached hydrogens (tertiary/aromatic N) is 1. The zero-order valence-electron chi connectivity index (χ0n) is 13.1. The molecule has 0 radical (unpaired) electrons. The quantitative estimate of drug-likeness (QED) is 0.573. The molecule has 0 amide bonds. The molecule has 1 rings (SSSR count). The van der Waals surface area contributed by atoms with E-state index in [2.05, 4.69) is 4.99 Å². The minimum Gasteiger partial charge on any atom is -0.488 e. The molecule has 0 aliphatic carbocycles. The fourth-order valence-electron chi connectivity index (χ4n) is 1.45. The van der Waals surface area contributed by atoms with Crippen LogP contribution in [0.15, 0.2) is 41.0 Å². The molecule has 21 heavy (non-hydrogen) atoms. The van der Waals surface area contributed by atoms with Crippen molar-refractivity contribution >= 4 is 11.5 Å². The number of aliphatic hydroxyl groups excluding tert-OH is 1. The number of benzene rings is 1. The number of allylic oxidation sites excluding steroid dienone is 1. The standard InChI is InChI=1S/C16H25N3O2/c1-11(10-20)21-13-7-5-6-12(8-13)19-15(18)9-14(17)16(2,3)4/h5-9,11,20H,10,17H2,1-4H3,(H2,18,19)/t11-/m1/s1. The van der Waals surface area contributed by atoms with Crippen molar-refractivity contribution in [2.24, 2.45) is 21.9 Å². The molecule has 5 N–H and O–H groups in total. The van der Waals surface area contributed by atoms with Crippen molar-refractivity contribution in [3.05, 3.63) is 36.0 Å². The molecule has 0 unspecified atom stereocenters. The van der Waals surface area contributed by atoms with Gasteiger partial charge < -0.3 is 21.3 Å². The van der Waals surface area contributed by atoms with Gasteiger partial charge in [0.1, 0.15) is 17.7 Å². The highest BCUT2D eigenvalue weighted by atomic mass is 16.5. The number of rotatable bonds is 5. The van der Waals surface area contributed by atoms with E-state index >= 15 is 0 Å². The Labute approximate surface area is 126 Å². The summed E-state index contributed by atoms with van der Waals surface area (Å²) in [6.45, 7) is 7.78. The first-order chi connectivity index (χ1) is 9.72. The number of ether oxygens (including phenoxy) is 1. The summed E-state index contributed by atoms with van der Waals surface area (Å²) in [6, 6.07) is 7.22. The van der Waals surface area contributed by atoms with Gasteiger partial charge in [-0.15, -0.1) is 0 Å². The maximum absolute atomic E-state index is 8.99. The minimum absolute atomic E-state index is 0.0412. The van der Waals surface area contributed by atoms with Crippen LogP contribution in [0.25, 0.3) is 0 Å². The highest BCUT2D eigenvalue weighted by Gasteiger charge is 2.13. The normalized spacial score (nSPS) is 14.9. The van der Waals surface area contributed by atoms with Crippen LogP contribution in [-0.2, 0) is 0 Å². The van der Waals surface area contributed by atoms with E-state index in [1.54, 1.807) is 25.1 Å². The summed E-state index contributed by atoms with van der Waals surface area (Å²) in [5, 5.41) is 8.99. The molecule has 0 saturated carbocycles. The summed E-state index contributed by atoms with van der Waals surface area (Å²) in [4.78, 5) is 4.30. The molecule has 1 aromatic rings. The van der Waals surface area contributed by atoms with Gasteiger partial charge in [0.05, 0.1) is 12.3 Å². The lowest BCUT2D eigenvalue weighted by molar-refractivity contribution is 0.130. The van der Waals surface area contributed by atoms with Gasteiger partial charge in [-0.2, -0.15) is 0 Å². The summed E-state index contributed by atoms with van der Waals surface area (Å²) in [6.07, 6.45) is 1.40. The average Bonchev–Trinajstić information content (AvgIpc) is 2.37. The first-order valence-corrected chi connectivity index (χ1v) is 6.91. The second-order valence-corrected chi connectivity index (χ2v) is 5.99. The summed E-state index contributed by atoms with van der Waals surface area (Å²) in [5.74, 6) is 0.980. The fraction of sp³-hybridized carbons (Fsp3) is 0.438. The Bertz CT molecular complexity index is 531. The highest BCUT2D eigenvalue weighted by Crippen LogP contribution is 2.22. The third-order valence-electron chi connectivity index (χ3n) is 2.84. The van der Waals surface area contributed by atoms with Gasteiger partial charge in [-0.1, -0.05) is 26.8 Å². The van der Waals surface area contributed by atoms with Gasteiger partial charge in [0.15, 0.2) is 0 Å². The molecule has 0 aliphatic heterocycles. The van der Waals surface area contributed by atoms with Gasteiger partial charge in [0, 0.05) is 17.2 Å². The van der Waals surface area contributed by atoms with Gasteiger partial charge in [-0.05, 0) is 25.1 Å². The molecule has 0 spiro atoms.